The van der Waals surface area contributed by atoms with Gasteiger partial charge >= 0.3 is 5.97 Å². The van der Waals surface area contributed by atoms with Gasteiger partial charge in [0.05, 0.1) is 12.7 Å². The van der Waals surface area contributed by atoms with Gasteiger partial charge in [0.2, 0.25) is 5.78 Å². The fraction of sp³-hybridized carbons (Fsp3) is 0.111. The van der Waals surface area contributed by atoms with E-state index < -0.39 is 5.97 Å². The zero-order valence-electron chi connectivity index (χ0n) is 12.5. The summed E-state index contributed by atoms with van der Waals surface area (Å²) in [5, 5.41) is 0.618. The predicted octanol–water partition coefficient (Wildman–Crippen LogP) is 3.79. The van der Waals surface area contributed by atoms with E-state index in [9.17, 15) is 9.59 Å². The Hall–Kier alpha value is -2.59. The minimum Gasteiger partial charge on any atom is -0.496 e. The van der Waals surface area contributed by atoms with Crippen LogP contribution in [-0.4, -0.2) is 25.5 Å². The number of ether oxygens (including phenoxy) is 2. The topological polar surface area (TPSA) is 52.6 Å². The van der Waals surface area contributed by atoms with Crippen molar-refractivity contribution >= 4 is 29.4 Å². The first-order valence-electron chi connectivity index (χ1n) is 6.87. The van der Waals surface area contributed by atoms with Gasteiger partial charge in [0.25, 0.3) is 0 Å². The highest BCUT2D eigenvalue weighted by Crippen LogP contribution is 2.17. The summed E-state index contributed by atoms with van der Waals surface area (Å²) in [7, 11) is 1.48. The lowest BCUT2D eigenvalue weighted by atomic mass is 10.1. The zero-order chi connectivity index (χ0) is 16.7. The molecular weight excluding hydrogens is 316 g/mol. The van der Waals surface area contributed by atoms with E-state index in [2.05, 4.69) is 0 Å². The highest BCUT2D eigenvalue weighted by atomic mass is 35.5. The van der Waals surface area contributed by atoms with Crippen LogP contribution in [0.2, 0.25) is 5.02 Å². The first kappa shape index (κ1) is 16.8. The van der Waals surface area contributed by atoms with E-state index in [1.54, 1.807) is 54.6 Å². The quantitative estimate of drug-likeness (QED) is 0.459. The predicted molar refractivity (Wildman–Crippen MR) is 88.8 cm³/mol. The molecule has 0 heterocycles. The number of methoxy groups -OCH3 is 1. The van der Waals surface area contributed by atoms with Crippen LogP contribution in [0, 0.1) is 0 Å². The Morgan fingerprint density at radius 2 is 1.78 bits per heavy atom. The number of esters is 1. The van der Waals surface area contributed by atoms with E-state index in [0.717, 1.165) is 5.56 Å². The lowest BCUT2D eigenvalue weighted by Crippen LogP contribution is -2.13. The van der Waals surface area contributed by atoms with Gasteiger partial charge < -0.3 is 9.47 Å². The van der Waals surface area contributed by atoms with Gasteiger partial charge in [-0.25, -0.2) is 4.79 Å². The Labute approximate surface area is 139 Å². The van der Waals surface area contributed by atoms with Gasteiger partial charge in [-0.2, -0.15) is 0 Å². The second kappa shape index (κ2) is 8.15. The van der Waals surface area contributed by atoms with E-state index in [1.807, 2.05) is 0 Å². The van der Waals surface area contributed by atoms with Gasteiger partial charge in [0.15, 0.2) is 6.61 Å². The number of carbonyl (C=O) groups is 2. The molecule has 0 saturated carbocycles. The third kappa shape index (κ3) is 4.97. The van der Waals surface area contributed by atoms with E-state index in [0.29, 0.717) is 16.3 Å². The number of benzene rings is 2. The molecule has 0 fully saturated rings. The smallest absolute Gasteiger partial charge is 0.331 e. The number of carbonyl (C=O) groups excluding carboxylic acids is 2. The summed E-state index contributed by atoms with van der Waals surface area (Å²) in [4.78, 5) is 23.7. The Kier molecular flexibility index (Phi) is 5.94. The van der Waals surface area contributed by atoms with Crippen LogP contribution < -0.4 is 4.74 Å². The molecule has 0 aliphatic carbocycles. The number of Topliss-reactive ketones (excluding diaryl/α,β-unsaturated/α-hetero) is 1. The Balaban J connectivity index is 1.91. The Morgan fingerprint density at radius 1 is 1.09 bits per heavy atom. The SMILES string of the molecule is COc1ccccc1C(=O)COC(=O)/C=C/c1ccc(Cl)cc1. The van der Waals surface area contributed by atoms with Crippen molar-refractivity contribution < 1.29 is 19.1 Å². The summed E-state index contributed by atoms with van der Waals surface area (Å²) < 4.78 is 10.0. The molecule has 0 amide bonds. The molecule has 0 atom stereocenters. The van der Waals surface area contributed by atoms with E-state index in [-0.39, 0.29) is 12.4 Å². The lowest BCUT2D eigenvalue weighted by Gasteiger charge is -2.07. The number of ketones is 1. The molecule has 2 rings (SSSR count). The minimum atomic E-state index is -0.594. The Morgan fingerprint density at radius 3 is 2.48 bits per heavy atom. The van der Waals surface area contributed by atoms with Crippen LogP contribution in [0.5, 0.6) is 5.75 Å². The highest BCUT2D eigenvalue weighted by molar-refractivity contribution is 6.30. The van der Waals surface area contributed by atoms with E-state index >= 15 is 0 Å². The summed E-state index contributed by atoms with van der Waals surface area (Å²) in [6, 6.07) is 13.8. The molecule has 0 bridgehead atoms. The fourth-order valence-electron chi connectivity index (χ4n) is 1.88. The molecule has 0 aliphatic rings. The average molecular weight is 331 g/mol. The van der Waals surface area contributed by atoms with Gasteiger partial charge in [0.1, 0.15) is 5.75 Å². The highest BCUT2D eigenvalue weighted by Gasteiger charge is 2.13. The molecule has 0 saturated heterocycles. The summed E-state index contributed by atoms with van der Waals surface area (Å²) >= 11 is 5.78. The maximum Gasteiger partial charge on any atom is 0.331 e. The van der Waals surface area contributed by atoms with Crippen molar-refractivity contribution in [3.8, 4) is 5.75 Å². The summed E-state index contributed by atoms with van der Waals surface area (Å²) in [6.07, 6.45) is 2.85. The molecule has 118 valence electrons. The number of rotatable bonds is 6. The van der Waals surface area contributed by atoms with Crippen molar-refractivity contribution in [2.75, 3.05) is 13.7 Å². The molecule has 0 N–H and O–H groups in total. The molecule has 0 unspecified atom stereocenters. The Bertz CT molecular complexity index is 720. The standard InChI is InChI=1S/C18H15ClO4/c1-22-17-5-3-2-4-15(17)16(20)12-23-18(21)11-8-13-6-9-14(19)10-7-13/h2-11H,12H2,1H3/b11-8+. The van der Waals surface area contributed by atoms with Gasteiger partial charge in [-0.15, -0.1) is 0 Å². The maximum absolute atomic E-state index is 12.0. The van der Waals surface area contributed by atoms with Gasteiger partial charge in [0, 0.05) is 11.1 Å². The first-order valence-corrected chi connectivity index (χ1v) is 7.24. The minimum absolute atomic E-state index is 0.323. The van der Waals surface area contributed by atoms with Crippen LogP contribution in [-0.2, 0) is 9.53 Å². The van der Waals surface area contributed by atoms with Crippen molar-refractivity contribution in [3.63, 3.8) is 0 Å². The molecule has 2 aromatic rings. The molecule has 5 heteroatoms. The van der Waals surface area contributed by atoms with Crippen molar-refractivity contribution in [3.05, 3.63) is 70.8 Å². The van der Waals surface area contributed by atoms with Crippen LogP contribution in [0.3, 0.4) is 0 Å². The summed E-state index contributed by atoms with van der Waals surface area (Å²) in [6.45, 7) is -0.343. The van der Waals surface area contributed by atoms with Crippen molar-refractivity contribution in [1.29, 1.82) is 0 Å². The number of hydrogen-bond acceptors (Lipinski definition) is 4. The van der Waals surface area contributed by atoms with E-state index in [1.165, 1.54) is 13.2 Å². The van der Waals surface area contributed by atoms with Crippen LogP contribution in [0.15, 0.2) is 54.6 Å². The number of hydrogen-bond donors (Lipinski definition) is 0. The van der Waals surface area contributed by atoms with Crippen molar-refractivity contribution in [2.45, 2.75) is 0 Å². The van der Waals surface area contributed by atoms with E-state index in [4.69, 9.17) is 21.1 Å². The summed E-state index contributed by atoms with van der Waals surface area (Å²) in [5.74, 6) is -0.468. The van der Waals surface area contributed by atoms with Crippen LogP contribution in [0.4, 0.5) is 0 Å². The maximum atomic E-state index is 12.0. The second-order valence-corrected chi connectivity index (χ2v) is 5.05. The zero-order valence-corrected chi connectivity index (χ0v) is 13.2. The van der Waals surface area contributed by atoms with Crippen molar-refractivity contribution in [2.24, 2.45) is 0 Å². The second-order valence-electron chi connectivity index (χ2n) is 4.62. The van der Waals surface area contributed by atoms with Crippen LogP contribution in [0.1, 0.15) is 15.9 Å². The monoisotopic (exact) mass is 330 g/mol. The lowest BCUT2D eigenvalue weighted by molar-refractivity contribution is -0.136. The molecule has 2 aromatic carbocycles. The third-order valence-electron chi connectivity index (χ3n) is 3.03. The molecule has 4 nitrogen and oxygen atoms in total. The number of para-hydroxylation sites is 1. The third-order valence-corrected chi connectivity index (χ3v) is 3.29. The summed E-state index contributed by atoms with van der Waals surface area (Å²) in [5.41, 5.74) is 1.19. The van der Waals surface area contributed by atoms with Gasteiger partial charge in [-0.05, 0) is 35.9 Å². The first-order chi connectivity index (χ1) is 11.1. The van der Waals surface area contributed by atoms with Gasteiger partial charge in [-0.1, -0.05) is 35.9 Å². The van der Waals surface area contributed by atoms with Crippen LogP contribution >= 0.6 is 11.6 Å². The van der Waals surface area contributed by atoms with Crippen molar-refractivity contribution in [1.82, 2.24) is 0 Å². The molecule has 0 spiro atoms. The van der Waals surface area contributed by atoms with Crippen LogP contribution in [0.25, 0.3) is 6.08 Å². The normalized spacial score (nSPS) is 10.5. The number of halogens is 1. The average Bonchev–Trinajstić information content (AvgIpc) is 2.59. The fourth-order valence-corrected chi connectivity index (χ4v) is 2.00. The van der Waals surface area contributed by atoms with Gasteiger partial charge in [-0.3, -0.25) is 4.79 Å². The molecular formula is C18H15ClO4. The largest absolute Gasteiger partial charge is 0.496 e. The molecule has 0 radical (unpaired) electrons. The molecule has 23 heavy (non-hydrogen) atoms. The molecule has 0 aromatic heterocycles. The molecule has 0 aliphatic heterocycles.